The van der Waals surface area contributed by atoms with Crippen LogP contribution in [0.4, 0.5) is 0 Å². The quantitative estimate of drug-likeness (QED) is 0.722. The molecule has 3 N–H and O–H groups in total. The minimum absolute atomic E-state index is 0.0762. The van der Waals surface area contributed by atoms with Crippen LogP contribution in [-0.2, 0) is 17.8 Å². The first kappa shape index (κ1) is 19.6. The first-order valence-electron chi connectivity index (χ1n) is 10.6. The van der Waals surface area contributed by atoms with Gasteiger partial charge >= 0.3 is 0 Å². The van der Waals surface area contributed by atoms with E-state index in [2.05, 4.69) is 27.8 Å². The molecule has 0 spiro atoms. The highest BCUT2D eigenvalue weighted by molar-refractivity contribution is 5.94. The second-order valence-corrected chi connectivity index (χ2v) is 7.90. The van der Waals surface area contributed by atoms with E-state index in [4.69, 9.17) is 0 Å². The number of nitrogens with zero attached hydrogens (tertiary/aromatic N) is 2. The fourth-order valence-electron chi connectivity index (χ4n) is 4.37. The molecular weight excluding hydrogens is 366 g/mol. The van der Waals surface area contributed by atoms with Gasteiger partial charge in [-0.15, -0.1) is 0 Å². The van der Waals surface area contributed by atoms with Crippen molar-refractivity contribution in [2.45, 2.75) is 51.1 Å². The summed E-state index contributed by atoms with van der Waals surface area (Å²) in [5.74, 6) is -0.0203. The Labute approximate surface area is 171 Å². The van der Waals surface area contributed by atoms with Crippen molar-refractivity contribution in [3.8, 4) is 0 Å². The van der Waals surface area contributed by atoms with E-state index >= 15 is 0 Å². The van der Waals surface area contributed by atoms with Gasteiger partial charge in [-0.2, -0.15) is 5.10 Å². The summed E-state index contributed by atoms with van der Waals surface area (Å²) >= 11 is 0. The number of aromatic amines is 1. The van der Waals surface area contributed by atoms with Crippen LogP contribution in [0.25, 0.3) is 0 Å². The van der Waals surface area contributed by atoms with Crippen molar-refractivity contribution < 1.29 is 9.59 Å². The lowest BCUT2D eigenvalue weighted by molar-refractivity contribution is -0.134. The zero-order chi connectivity index (χ0) is 20.2. The molecule has 2 amide bonds. The van der Waals surface area contributed by atoms with E-state index in [1.165, 1.54) is 0 Å². The van der Waals surface area contributed by atoms with Crippen LogP contribution < -0.4 is 10.6 Å². The number of carbonyl (C=O) groups excluding carboxylic acids is 2. The molecule has 1 fully saturated rings. The van der Waals surface area contributed by atoms with E-state index in [1.807, 2.05) is 35.2 Å². The number of likely N-dealkylation sites (tertiary alicyclic amines) is 1. The number of piperidine rings is 1. The van der Waals surface area contributed by atoms with Gasteiger partial charge in [0.2, 0.25) is 5.91 Å². The summed E-state index contributed by atoms with van der Waals surface area (Å²) in [6.07, 6.45) is 3.20. The summed E-state index contributed by atoms with van der Waals surface area (Å²) < 4.78 is 0. The highest BCUT2D eigenvalue weighted by Crippen LogP contribution is 2.24. The van der Waals surface area contributed by atoms with Gasteiger partial charge in [0.1, 0.15) is 0 Å². The maximum Gasteiger partial charge on any atom is 0.272 e. The van der Waals surface area contributed by atoms with Gasteiger partial charge in [0.15, 0.2) is 5.69 Å². The van der Waals surface area contributed by atoms with Gasteiger partial charge in [-0.05, 0) is 24.8 Å². The maximum absolute atomic E-state index is 13.0. The van der Waals surface area contributed by atoms with Gasteiger partial charge in [0.25, 0.3) is 5.91 Å². The minimum Gasteiger partial charge on any atom is -0.348 e. The summed E-state index contributed by atoms with van der Waals surface area (Å²) in [5.41, 5.74) is 3.61. The Bertz CT molecular complexity index is 855. The van der Waals surface area contributed by atoms with E-state index in [-0.39, 0.29) is 23.8 Å². The third-order valence-corrected chi connectivity index (χ3v) is 6.07. The van der Waals surface area contributed by atoms with Crippen LogP contribution in [-0.4, -0.2) is 52.6 Å². The van der Waals surface area contributed by atoms with Crippen molar-refractivity contribution in [2.75, 3.05) is 19.6 Å². The number of aromatic nitrogens is 2. The SMILES string of the molecule is CCC(C(=O)N1CCC(NC(=O)c2n[nH]c3c2CNCC3)CC1)c1ccccc1. The second-order valence-electron chi connectivity index (χ2n) is 7.90. The van der Waals surface area contributed by atoms with Crippen LogP contribution in [0.2, 0.25) is 0 Å². The Morgan fingerprint density at radius 2 is 2.00 bits per heavy atom. The topological polar surface area (TPSA) is 90.1 Å². The van der Waals surface area contributed by atoms with E-state index in [0.717, 1.165) is 49.0 Å². The van der Waals surface area contributed by atoms with E-state index in [9.17, 15) is 9.59 Å². The second kappa shape index (κ2) is 8.78. The molecule has 1 aromatic carbocycles. The van der Waals surface area contributed by atoms with Crippen LogP contribution in [0.1, 0.15) is 59.4 Å². The molecule has 3 heterocycles. The number of carbonyl (C=O) groups is 2. The molecule has 1 saturated heterocycles. The predicted octanol–water partition coefficient (Wildman–Crippen LogP) is 1.97. The summed E-state index contributed by atoms with van der Waals surface area (Å²) in [7, 11) is 0. The Morgan fingerprint density at radius 3 is 2.72 bits per heavy atom. The lowest BCUT2D eigenvalue weighted by Crippen LogP contribution is -2.48. The van der Waals surface area contributed by atoms with Crippen LogP contribution in [0.5, 0.6) is 0 Å². The highest BCUT2D eigenvalue weighted by atomic mass is 16.2. The summed E-state index contributed by atoms with van der Waals surface area (Å²) in [4.78, 5) is 27.7. The van der Waals surface area contributed by atoms with Crippen molar-refractivity contribution in [3.63, 3.8) is 0 Å². The minimum atomic E-state index is -0.119. The zero-order valence-corrected chi connectivity index (χ0v) is 16.9. The molecule has 0 radical (unpaired) electrons. The molecule has 0 saturated carbocycles. The van der Waals surface area contributed by atoms with E-state index in [1.54, 1.807) is 0 Å². The molecule has 4 rings (SSSR count). The summed E-state index contributed by atoms with van der Waals surface area (Å²) in [6.45, 7) is 4.99. The van der Waals surface area contributed by atoms with Crippen molar-refractivity contribution in [1.29, 1.82) is 0 Å². The number of H-pyrrole nitrogens is 1. The van der Waals surface area contributed by atoms with E-state index < -0.39 is 0 Å². The number of amides is 2. The molecule has 7 heteroatoms. The molecule has 1 aromatic heterocycles. The Hall–Kier alpha value is -2.67. The first-order valence-corrected chi connectivity index (χ1v) is 10.6. The number of rotatable bonds is 5. The van der Waals surface area contributed by atoms with Crippen molar-refractivity contribution in [1.82, 2.24) is 25.7 Å². The van der Waals surface area contributed by atoms with Crippen LogP contribution in [0, 0.1) is 0 Å². The van der Waals surface area contributed by atoms with Gasteiger partial charge < -0.3 is 15.5 Å². The third kappa shape index (κ3) is 4.19. The molecular formula is C22H29N5O2. The molecule has 1 atom stereocenters. The smallest absolute Gasteiger partial charge is 0.272 e. The molecule has 154 valence electrons. The normalized spacial score (nSPS) is 18.2. The summed E-state index contributed by atoms with van der Waals surface area (Å²) in [5, 5.41) is 13.6. The van der Waals surface area contributed by atoms with Gasteiger partial charge in [-0.3, -0.25) is 14.7 Å². The molecule has 2 aliphatic heterocycles. The van der Waals surface area contributed by atoms with Gasteiger partial charge in [-0.1, -0.05) is 37.3 Å². The largest absolute Gasteiger partial charge is 0.348 e. The van der Waals surface area contributed by atoms with Gasteiger partial charge in [0, 0.05) is 49.9 Å². The molecule has 0 aliphatic carbocycles. The fraction of sp³-hybridized carbons (Fsp3) is 0.500. The summed E-state index contributed by atoms with van der Waals surface area (Å²) in [6, 6.07) is 10.1. The molecule has 0 bridgehead atoms. The standard InChI is InChI=1S/C22H29N5O2/c1-2-17(15-6-4-3-5-7-15)22(29)27-12-9-16(10-13-27)24-21(28)20-18-14-23-11-8-19(18)25-26-20/h3-7,16-17,23H,2,8-14H2,1H3,(H,24,28)(H,25,26). The predicted molar refractivity (Wildman–Crippen MR) is 111 cm³/mol. The number of hydrogen-bond acceptors (Lipinski definition) is 4. The molecule has 2 aliphatic rings. The Kier molecular flexibility index (Phi) is 5.94. The van der Waals surface area contributed by atoms with E-state index in [0.29, 0.717) is 25.3 Å². The van der Waals surface area contributed by atoms with Crippen molar-refractivity contribution >= 4 is 11.8 Å². The number of fused-ring (bicyclic) bond motifs is 1. The third-order valence-electron chi connectivity index (χ3n) is 6.07. The zero-order valence-electron chi connectivity index (χ0n) is 16.9. The lowest BCUT2D eigenvalue weighted by atomic mass is 9.93. The van der Waals surface area contributed by atoms with Crippen molar-refractivity contribution in [2.24, 2.45) is 0 Å². The number of nitrogens with one attached hydrogen (secondary N) is 3. The fourth-order valence-corrected chi connectivity index (χ4v) is 4.37. The number of benzene rings is 1. The van der Waals surface area contributed by atoms with Crippen LogP contribution in [0.15, 0.2) is 30.3 Å². The van der Waals surface area contributed by atoms with Gasteiger partial charge in [0.05, 0.1) is 5.92 Å². The Morgan fingerprint density at radius 1 is 1.24 bits per heavy atom. The average Bonchev–Trinajstić information content (AvgIpc) is 3.20. The first-order chi connectivity index (χ1) is 14.2. The maximum atomic E-state index is 13.0. The lowest BCUT2D eigenvalue weighted by Gasteiger charge is -2.34. The molecule has 7 nitrogen and oxygen atoms in total. The molecule has 1 unspecified atom stereocenters. The monoisotopic (exact) mass is 395 g/mol. The van der Waals surface area contributed by atoms with Crippen LogP contribution >= 0.6 is 0 Å². The van der Waals surface area contributed by atoms with Crippen molar-refractivity contribution in [3.05, 3.63) is 52.8 Å². The molecule has 29 heavy (non-hydrogen) atoms. The Balaban J connectivity index is 1.33. The van der Waals surface area contributed by atoms with Crippen LogP contribution in [0.3, 0.4) is 0 Å². The van der Waals surface area contributed by atoms with Gasteiger partial charge in [-0.25, -0.2) is 0 Å². The highest BCUT2D eigenvalue weighted by Gasteiger charge is 2.30. The molecule has 2 aromatic rings. The average molecular weight is 396 g/mol. The number of hydrogen-bond donors (Lipinski definition) is 3.